The first-order valence-electron chi connectivity index (χ1n) is 6.41. The van der Waals surface area contributed by atoms with Crippen LogP contribution in [0.4, 0.5) is 4.39 Å². The molecule has 0 aromatic heterocycles. The molecule has 0 unspecified atom stereocenters. The first-order chi connectivity index (χ1) is 8.27. The maximum Gasteiger partial charge on any atom is 0.137 e. The molecule has 0 saturated heterocycles. The molecule has 1 aromatic rings. The van der Waals surface area contributed by atoms with Gasteiger partial charge in [-0.15, -0.1) is 0 Å². The number of rotatable bonds is 5. The van der Waals surface area contributed by atoms with Crippen molar-refractivity contribution < 1.29 is 4.39 Å². The molecule has 17 heavy (non-hydrogen) atoms. The fourth-order valence-corrected chi connectivity index (χ4v) is 2.92. The molecular formula is C14H19BrFN. The summed E-state index contributed by atoms with van der Waals surface area (Å²) in [4.78, 5) is 0. The van der Waals surface area contributed by atoms with Gasteiger partial charge in [-0.3, -0.25) is 0 Å². The van der Waals surface area contributed by atoms with E-state index in [0.717, 1.165) is 24.6 Å². The third-order valence-corrected chi connectivity index (χ3v) is 4.44. The number of halogens is 2. The van der Waals surface area contributed by atoms with Gasteiger partial charge in [-0.05, 0) is 46.4 Å². The Morgan fingerprint density at radius 1 is 1.29 bits per heavy atom. The summed E-state index contributed by atoms with van der Waals surface area (Å²) < 4.78 is 13.9. The first kappa shape index (κ1) is 13.0. The highest BCUT2D eigenvalue weighted by Gasteiger charge is 2.14. The third-order valence-electron chi connectivity index (χ3n) is 3.55. The lowest BCUT2D eigenvalue weighted by molar-refractivity contribution is 0.477. The number of nitrogens with one attached hydrogen (secondary N) is 1. The molecule has 0 heterocycles. The monoisotopic (exact) mass is 299 g/mol. The second-order valence-electron chi connectivity index (χ2n) is 4.83. The van der Waals surface area contributed by atoms with Crippen LogP contribution in [0.1, 0.15) is 37.7 Å². The summed E-state index contributed by atoms with van der Waals surface area (Å²) >= 11 is 3.28. The highest BCUT2D eigenvalue weighted by Crippen LogP contribution is 2.27. The van der Waals surface area contributed by atoms with Crippen LogP contribution in [-0.4, -0.2) is 6.54 Å². The number of hydrogen-bond donors (Lipinski definition) is 1. The van der Waals surface area contributed by atoms with E-state index in [9.17, 15) is 4.39 Å². The van der Waals surface area contributed by atoms with Crippen molar-refractivity contribution in [3.8, 4) is 0 Å². The van der Waals surface area contributed by atoms with E-state index in [1.807, 2.05) is 6.07 Å². The van der Waals surface area contributed by atoms with Crippen LogP contribution in [0.25, 0.3) is 0 Å². The topological polar surface area (TPSA) is 12.0 Å². The van der Waals surface area contributed by atoms with E-state index in [1.54, 1.807) is 6.07 Å². The van der Waals surface area contributed by atoms with Crippen molar-refractivity contribution in [2.45, 2.75) is 38.6 Å². The molecule has 1 aromatic carbocycles. The Morgan fingerprint density at radius 3 is 2.82 bits per heavy atom. The van der Waals surface area contributed by atoms with E-state index in [0.29, 0.717) is 4.47 Å². The molecule has 1 aliphatic carbocycles. The second-order valence-corrected chi connectivity index (χ2v) is 5.62. The summed E-state index contributed by atoms with van der Waals surface area (Å²) in [5.74, 6) is 0.735. The molecule has 0 radical (unpaired) electrons. The van der Waals surface area contributed by atoms with Gasteiger partial charge in [0, 0.05) is 6.54 Å². The molecule has 1 fully saturated rings. The van der Waals surface area contributed by atoms with E-state index in [1.165, 1.54) is 38.2 Å². The minimum Gasteiger partial charge on any atom is -0.313 e. The van der Waals surface area contributed by atoms with Crippen molar-refractivity contribution in [2.75, 3.05) is 6.54 Å². The molecule has 1 aliphatic rings. The molecule has 1 nitrogen and oxygen atoms in total. The van der Waals surface area contributed by atoms with Crippen LogP contribution >= 0.6 is 15.9 Å². The molecule has 0 amide bonds. The Hall–Kier alpha value is -0.410. The number of benzene rings is 1. The van der Waals surface area contributed by atoms with Gasteiger partial charge in [-0.25, -0.2) is 4.39 Å². The molecule has 1 saturated carbocycles. The van der Waals surface area contributed by atoms with Crippen LogP contribution in [-0.2, 0) is 6.54 Å². The minimum atomic E-state index is -0.180. The predicted octanol–water partition coefficient (Wildman–Crippen LogP) is 4.26. The third kappa shape index (κ3) is 3.78. The average molecular weight is 300 g/mol. The van der Waals surface area contributed by atoms with Crippen molar-refractivity contribution in [1.82, 2.24) is 5.32 Å². The molecule has 94 valence electrons. The van der Waals surface area contributed by atoms with Crippen molar-refractivity contribution in [2.24, 2.45) is 5.92 Å². The Labute approximate surface area is 111 Å². The van der Waals surface area contributed by atoms with Crippen LogP contribution in [0, 0.1) is 11.7 Å². The van der Waals surface area contributed by atoms with Crippen molar-refractivity contribution in [3.05, 3.63) is 34.1 Å². The highest BCUT2D eigenvalue weighted by atomic mass is 79.9. The molecule has 2 rings (SSSR count). The lowest BCUT2D eigenvalue weighted by Gasteiger charge is -2.10. The van der Waals surface area contributed by atoms with E-state index in [2.05, 4.69) is 21.2 Å². The normalized spacial score (nSPS) is 16.6. The van der Waals surface area contributed by atoms with Gasteiger partial charge in [-0.1, -0.05) is 37.8 Å². The van der Waals surface area contributed by atoms with E-state index in [-0.39, 0.29) is 5.82 Å². The molecule has 3 heteroatoms. The Kier molecular flexibility index (Phi) is 4.99. The van der Waals surface area contributed by atoms with Crippen molar-refractivity contribution >= 4 is 15.9 Å². The minimum absolute atomic E-state index is 0.180. The average Bonchev–Trinajstić information content (AvgIpc) is 2.83. The maximum absolute atomic E-state index is 13.3. The van der Waals surface area contributed by atoms with Crippen LogP contribution < -0.4 is 5.32 Å². The Morgan fingerprint density at radius 2 is 2.06 bits per heavy atom. The summed E-state index contributed by atoms with van der Waals surface area (Å²) in [7, 11) is 0. The van der Waals surface area contributed by atoms with Gasteiger partial charge >= 0.3 is 0 Å². The fourth-order valence-electron chi connectivity index (χ4n) is 2.51. The summed E-state index contributed by atoms with van der Waals surface area (Å²) in [6, 6.07) is 5.19. The second kappa shape index (κ2) is 6.50. The molecular weight excluding hydrogens is 281 g/mol. The van der Waals surface area contributed by atoms with Crippen LogP contribution in [0.15, 0.2) is 22.7 Å². The van der Waals surface area contributed by atoms with Crippen molar-refractivity contribution in [3.63, 3.8) is 0 Å². The van der Waals surface area contributed by atoms with Crippen LogP contribution in [0.2, 0.25) is 0 Å². The molecule has 0 atom stereocenters. The lowest BCUT2D eigenvalue weighted by atomic mass is 10.0. The van der Waals surface area contributed by atoms with Crippen LogP contribution in [0.3, 0.4) is 0 Å². The zero-order chi connectivity index (χ0) is 12.1. The summed E-state index contributed by atoms with van der Waals surface area (Å²) in [6.45, 7) is 1.78. The highest BCUT2D eigenvalue weighted by molar-refractivity contribution is 9.10. The standard InChI is InChI=1S/C14H19BrFN/c15-14-12(6-3-7-13(14)16)10-17-9-8-11-4-1-2-5-11/h3,6-7,11,17H,1-2,4-5,8-10H2. The van der Waals surface area contributed by atoms with E-state index >= 15 is 0 Å². The summed E-state index contributed by atoms with van der Waals surface area (Å²) in [6.07, 6.45) is 6.85. The van der Waals surface area contributed by atoms with E-state index < -0.39 is 0 Å². The van der Waals surface area contributed by atoms with Gasteiger partial charge in [0.15, 0.2) is 0 Å². The quantitative estimate of drug-likeness (QED) is 0.801. The first-order valence-corrected chi connectivity index (χ1v) is 7.20. The van der Waals surface area contributed by atoms with E-state index in [4.69, 9.17) is 0 Å². The van der Waals surface area contributed by atoms with Gasteiger partial charge < -0.3 is 5.32 Å². The number of hydrogen-bond acceptors (Lipinski definition) is 1. The van der Waals surface area contributed by atoms with Crippen molar-refractivity contribution in [1.29, 1.82) is 0 Å². The largest absolute Gasteiger partial charge is 0.313 e. The smallest absolute Gasteiger partial charge is 0.137 e. The summed E-state index contributed by atoms with van der Waals surface area (Å²) in [5, 5.41) is 3.40. The molecule has 0 bridgehead atoms. The molecule has 0 spiro atoms. The Bertz CT molecular complexity index is 361. The van der Waals surface area contributed by atoms with Crippen LogP contribution in [0.5, 0.6) is 0 Å². The van der Waals surface area contributed by atoms with Gasteiger partial charge in [0.2, 0.25) is 0 Å². The maximum atomic E-state index is 13.3. The molecule has 0 aliphatic heterocycles. The lowest BCUT2D eigenvalue weighted by Crippen LogP contribution is -2.17. The predicted molar refractivity (Wildman–Crippen MR) is 72.4 cm³/mol. The SMILES string of the molecule is Fc1cccc(CNCCC2CCCC2)c1Br. The van der Waals surface area contributed by atoms with Gasteiger partial charge in [0.25, 0.3) is 0 Å². The summed E-state index contributed by atoms with van der Waals surface area (Å²) in [5.41, 5.74) is 0.997. The fraction of sp³-hybridized carbons (Fsp3) is 0.571. The van der Waals surface area contributed by atoms with Gasteiger partial charge in [0.1, 0.15) is 5.82 Å². The van der Waals surface area contributed by atoms with Gasteiger partial charge in [-0.2, -0.15) is 0 Å². The Balaban J connectivity index is 1.72. The molecule has 1 N–H and O–H groups in total. The zero-order valence-electron chi connectivity index (χ0n) is 10.0. The van der Waals surface area contributed by atoms with Gasteiger partial charge in [0.05, 0.1) is 4.47 Å². The zero-order valence-corrected chi connectivity index (χ0v) is 11.6.